The molecule has 1 aliphatic heterocycles. The van der Waals surface area contributed by atoms with E-state index in [1.807, 2.05) is 6.92 Å². The fraction of sp³-hybridized carbons (Fsp3) is 0.550. The summed E-state index contributed by atoms with van der Waals surface area (Å²) in [5.41, 5.74) is -1.77. The Balaban J connectivity index is 2.23. The van der Waals surface area contributed by atoms with Crippen LogP contribution in [0.15, 0.2) is 34.6 Å². The molecule has 0 aromatic carbocycles. The molecule has 140 valence electrons. The van der Waals surface area contributed by atoms with E-state index in [0.717, 1.165) is 0 Å². The minimum absolute atomic E-state index is 0.117. The molecular formula is C20H24O6. The van der Waals surface area contributed by atoms with E-state index in [1.54, 1.807) is 33.8 Å². The van der Waals surface area contributed by atoms with Crippen LogP contribution in [0.4, 0.5) is 0 Å². The van der Waals surface area contributed by atoms with Gasteiger partial charge in [-0.25, -0.2) is 9.59 Å². The first kappa shape index (κ1) is 18.6. The van der Waals surface area contributed by atoms with Crippen LogP contribution in [0.1, 0.15) is 47.5 Å². The molecule has 0 unspecified atom stereocenters. The largest absolute Gasteiger partial charge is 0.453 e. The van der Waals surface area contributed by atoms with Crippen molar-refractivity contribution in [3.63, 3.8) is 0 Å². The zero-order valence-corrected chi connectivity index (χ0v) is 15.7. The number of esters is 2. The molecule has 0 spiro atoms. The molecule has 6 nitrogen and oxygen atoms in total. The van der Waals surface area contributed by atoms with Crippen molar-refractivity contribution < 1.29 is 29.0 Å². The Hall–Kier alpha value is -2.21. The summed E-state index contributed by atoms with van der Waals surface area (Å²) in [4.78, 5) is 37.3. The van der Waals surface area contributed by atoms with E-state index in [-0.39, 0.29) is 23.9 Å². The molecule has 0 bridgehead atoms. The van der Waals surface area contributed by atoms with Crippen LogP contribution in [0.25, 0.3) is 0 Å². The van der Waals surface area contributed by atoms with Crippen molar-refractivity contribution >= 4 is 17.7 Å². The van der Waals surface area contributed by atoms with Gasteiger partial charge in [-0.1, -0.05) is 19.9 Å². The fourth-order valence-corrected chi connectivity index (χ4v) is 4.16. The zero-order chi connectivity index (χ0) is 19.4. The third kappa shape index (κ3) is 2.24. The number of fused-ring (bicyclic) bond motifs is 2. The first-order chi connectivity index (χ1) is 12.1. The molecule has 0 amide bonds. The van der Waals surface area contributed by atoms with E-state index in [2.05, 4.69) is 0 Å². The van der Waals surface area contributed by atoms with Gasteiger partial charge in [0.05, 0.1) is 5.41 Å². The van der Waals surface area contributed by atoms with Crippen LogP contribution < -0.4 is 0 Å². The summed E-state index contributed by atoms with van der Waals surface area (Å²) in [5.74, 6) is -1.46. The lowest BCUT2D eigenvalue weighted by Crippen LogP contribution is -2.65. The van der Waals surface area contributed by atoms with Gasteiger partial charge in [0.15, 0.2) is 11.4 Å². The lowest BCUT2D eigenvalue weighted by molar-refractivity contribution is -0.186. The second-order valence-corrected chi connectivity index (χ2v) is 7.61. The van der Waals surface area contributed by atoms with Gasteiger partial charge >= 0.3 is 11.9 Å². The Morgan fingerprint density at radius 2 is 2.08 bits per heavy atom. The van der Waals surface area contributed by atoms with E-state index >= 15 is 0 Å². The predicted molar refractivity (Wildman–Crippen MR) is 92.6 cm³/mol. The third-order valence-electron chi connectivity index (χ3n) is 6.38. The number of rotatable bonds is 2. The van der Waals surface area contributed by atoms with Gasteiger partial charge in [-0.3, -0.25) is 4.79 Å². The molecule has 0 aromatic rings. The van der Waals surface area contributed by atoms with E-state index < -0.39 is 29.1 Å². The monoisotopic (exact) mass is 360 g/mol. The Bertz CT molecular complexity index is 801. The molecule has 3 aliphatic rings. The predicted octanol–water partition coefficient (Wildman–Crippen LogP) is 2.37. The summed E-state index contributed by atoms with van der Waals surface area (Å²) in [6, 6.07) is 0. The summed E-state index contributed by atoms with van der Waals surface area (Å²) < 4.78 is 11.0. The van der Waals surface area contributed by atoms with Crippen LogP contribution in [0.2, 0.25) is 0 Å². The summed E-state index contributed by atoms with van der Waals surface area (Å²) in [5, 5.41) is 11.3. The molecule has 4 atom stereocenters. The number of hydrogen-bond acceptors (Lipinski definition) is 6. The SMILES string of the molecule is C/C=C(\C)C(=O)O[C@@H]1C2=C(C)C(=O)OC2=C[C@@]2(O)C(=O)CC[C@H](C)[C@@]12C. The van der Waals surface area contributed by atoms with Crippen molar-refractivity contribution in [1.82, 2.24) is 0 Å². The van der Waals surface area contributed by atoms with Crippen LogP contribution >= 0.6 is 0 Å². The number of carbonyl (C=O) groups is 3. The number of aliphatic hydroxyl groups is 1. The zero-order valence-electron chi connectivity index (χ0n) is 15.7. The standard InChI is InChI=1S/C20H24O6/c1-6-10(2)17(22)26-16-15-12(4)18(23)25-13(15)9-20(24)14(21)8-7-11(3)19(16,20)5/h6,9,11,16,24H,7-8H2,1-5H3/b10-6+/t11-,16+,19-,20+/m0/s1. The quantitative estimate of drug-likeness (QED) is 0.601. The van der Waals surface area contributed by atoms with Crippen LogP contribution in [-0.2, 0) is 23.9 Å². The number of allylic oxidation sites excluding steroid dienone is 1. The molecule has 0 aromatic heterocycles. The highest BCUT2D eigenvalue weighted by molar-refractivity contribution is 5.98. The maximum atomic E-state index is 12.7. The first-order valence-electron chi connectivity index (χ1n) is 8.83. The van der Waals surface area contributed by atoms with E-state index in [9.17, 15) is 19.5 Å². The van der Waals surface area contributed by atoms with Gasteiger partial charge in [-0.05, 0) is 39.2 Å². The summed E-state index contributed by atoms with van der Waals surface area (Å²) in [6.07, 6.45) is 2.79. The van der Waals surface area contributed by atoms with Crippen molar-refractivity contribution in [3.05, 3.63) is 34.6 Å². The minimum atomic E-state index is -1.86. The van der Waals surface area contributed by atoms with E-state index in [4.69, 9.17) is 9.47 Å². The maximum absolute atomic E-state index is 12.7. The van der Waals surface area contributed by atoms with Crippen molar-refractivity contribution in [2.75, 3.05) is 0 Å². The Labute approximate surface area is 152 Å². The molecule has 26 heavy (non-hydrogen) atoms. The topological polar surface area (TPSA) is 89.9 Å². The Morgan fingerprint density at radius 1 is 1.42 bits per heavy atom. The number of ether oxygens (including phenoxy) is 2. The van der Waals surface area contributed by atoms with Gasteiger partial charge in [0.25, 0.3) is 0 Å². The molecule has 1 fully saturated rings. The average molecular weight is 360 g/mol. The number of hydrogen-bond donors (Lipinski definition) is 1. The van der Waals surface area contributed by atoms with Crippen LogP contribution in [0, 0.1) is 11.3 Å². The van der Waals surface area contributed by atoms with E-state index in [0.29, 0.717) is 23.1 Å². The molecule has 6 heteroatoms. The van der Waals surface area contributed by atoms with Crippen LogP contribution in [0.3, 0.4) is 0 Å². The number of carbonyl (C=O) groups excluding carboxylic acids is 3. The lowest BCUT2D eigenvalue weighted by Gasteiger charge is -2.55. The van der Waals surface area contributed by atoms with Crippen LogP contribution in [0.5, 0.6) is 0 Å². The molecule has 1 heterocycles. The van der Waals surface area contributed by atoms with E-state index in [1.165, 1.54) is 6.08 Å². The highest BCUT2D eigenvalue weighted by atomic mass is 16.6. The normalized spacial score (nSPS) is 37.0. The van der Waals surface area contributed by atoms with Crippen molar-refractivity contribution in [3.8, 4) is 0 Å². The van der Waals surface area contributed by atoms with Gasteiger partial charge < -0.3 is 14.6 Å². The molecule has 0 radical (unpaired) electrons. The number of ketones is 1. The smallest absolute Gasteiger partial charge is 0.339 e. The molecule has 1 saturated carbocycles. The van der Waals surface area contributed by atoms with Crippen molar-refractivity contribution in [2.45, 2.75) is 59.2 Å². The third-order valence-corrected chi connectivity index (χ3v) is 6.38. The lowest BCUT2D eigenvalue weighted by atomic mass is 9.52. The Kier molecular flexibility index (Phi) is 4.22. The summed E-state index contributed by atoms with van der Waals surface area (Å²) in [6.45, 7) is 8.62. The Morgan fingerprint density at radius 3 is 2.69 bits per heavy atom. The average Bonchev–Trinajstić information content (AvgIpc) is 2.87. The van der Waals surface area contributed by atoms with Gasteiger partial charge in [-0.2, -0.15) is 0 Å². The van der Waals surface area contributed by atoms with Crippen LogP contribution in [-0.4, -0.2) is 34.5 Å². The van der Waals surface area contributed by atoms with Gasteiger partial charge in [0.1, 0.15) is 11.9 Å². The fourth-order valence-electron chi connectivity index (χ4n) is 4.16. The molecule has 1 N–H and O–H groups in total. The maximum Gasteiger partial charge on any atom is 0.339 e. The highest BCUT2D eigenvalue weighted by Crippen LogP contribution is 2.57. The molecule has 0 saturated heterocycles. The second kappa shape index (κ2) is 5.91. The first-order valence-corrected chi connectivity index (χ1v) is 8.83. The van der Waals surface area contributed by atoms with Gasteiger partial charge in [0.2, 0.25) is 0 Å². The molecular weight excluding hydrogens is 336 g/mol. The van der Waals surface area contributed by atoms with Gasteiger partial charge in [-0.15, -0.1) is 0 Å². The molecule has 3 rings (SSSR count). The van der Waals surface area contributed by atoms with Crippen molar-refractivity contribution in [1.29, 1.82) is 0 Å². The highest BCUT2D eigenvalue weighted by Gasteiger charge is 2.66. The van der Waals surface area contributed by atoms with Crippen molar-refractivity contribution in [2.24, 2.45) is 11.3 Å². The summed E-state index contributed by atoms with van der Waals surface area (Å²) >= 11 is 0. The summed E-state index contributed by atoms with van der Waals surface area (Å²) in [7, 11) is 0. The number of Topliss-reactive ketones (excluding diaryl/α,β-unsaturated/α-hetero) is 1. The minimum Gasteiger partial charge on any atom is -0.453 e. The molecule has 2 aliphatic carbocycles. The second-order valence-electron chi connectivity index (χ2n) is 7.61. The van der Waals surface area contributed by atoms with Gasteiger partial charge in [0, 0.05) is 23.1 Å².